The van der Waals surface area contributed by atoms with Gasteiger partial charge in [0.15, 0.2) is 0 Å². The van der Waals surface area contributed by atoms with Crippen molar-refractivity contribution < 1.29 is 4.79 Å². The predicted molar refractivity (Wildman–Crippen MR) is 61.4 cm³/mol. The van der Waals surface area contributed by atoms with E-state index in [-0.39, 0.29) is 11.9 Å². The lowest BCUT2D eigenvalue weighted by atomic mass is 10.1. The minimum atomic E-state index is -0.179. The number of amides is 1. The van der Waals surface area contributed by atoms with Gasteiger partial charge in [-0.05, 0) is 19.4 Å². The van der Waals surface area contributed by atoms with Crippen molar-refractivity contribution in [2.75, 3.05) is 0 Å². The van der Waals surface area contributed by atoms with Gasteiger partial charge in [-0.2, -0.15) is 0 Å². The molecule has 0 aliphatic heterocycles. The van der Waals surface area contributed by atoms with Crippen LogP contribution in [-0.4, -0.2) is 16.8 Å². The molecule has 0 fully saturated rings. The first-order chi connectivity index (χ1) is 6.61. The van der Waals surface area contributed by atoms with Gasteiger partial charge in [0, 0.05) is 6.04 Å². The molecule has 1 amide bonds. The number of carbonyl (C=O) groups excluding carboxylic acids is 1. The van der Waals surface area contributed by atoms with Crippen LogP contribution in [0.4, 0.5) is 0 Å². The monoisotopic (exact) mass is 207 g/mol. The Balaban J connectivity index is 2.72. The molecule has 0 aromatic heterocycles. The van der Waals surface area contributed by atoms with Crippen LogP contribution in [0.1, 0.15) is 19.4 Å². The van der Waals surface area contributed by atoms with Crippen molar-refractivity contribution >= 4 is 23.0 Å². The van der Waals surface area contributed by atoms with Crippen LogP contribution < -0.4 is 5.32 Å². The lowest BCUT2D eigenvalue weighted by Gasteiger charge is -2.08. The fourth-order valence-electron chi connectivity index (χ4n) is 1.05. The third kappa shape index (κ3) is 2.92. The zero-order valence-electron chi connectivity index (χ0n) is 8.28. The molecule has 0 radical (unpaired) electrons. The van der Waals surface area contributed by atoms with Crippen LogP contribution in [0.25, 0.3) is 0 Å². The van der Waals surface area contributed by atoms with Gasteiger partial charge < -0.3 is 5.32 Å². The van der Waals surface area contributed by atoms with Crippen molar-refractivity contribution in [1.82, 2.24) is 5.32 Å². The Hall–Kier alpha value is -1.22. The van der Waals surface area contributed by atoms with Crippen molar-refractivity contribution in [2.24, 2.45) is 0 Å². The maximum atomic E-state index is 11.5. The molecule has 0 saturated heterocycles. The molecule has 14 heavy (non-hydrogen) atoms. The summed E-state index contributed by atoms with van der Waals surface area (Å²) in [4.78, 5) is 11.8. The predicted octanol–water partition coefficient (Wildman–Crippen LogP) is 1.93. The zero-order valence-corrected chi connectivity index (χ0v) is 9.10. The normalized spacial score (nSPS) is 9.93. The van der Waals surface area contributed by atoms with E-state index in [0.717, 1.165) is 5.56 Å². The molecule has 1 aromatic carbocycles. The number of hydrogen-bond donors (Lipinski definition) is 1. The first kappa shape index (κ1) is 10.9. The van der Waals surface area contributed by atoms with Gasteiger partial charge in [0.2, 0.25) is 0 Å². The van der Waals surface area contributed by atoms with Gasteiger partial charge in [-0.1, -0.05) is 42.5 Å². The van der Waals surface area contributed by atoms with Crippen LogP contribution in [0.3, 0.4) is 0 Å². The van der Waals surface area contributed by atoms with Crippen molar-refractivity contribution in [3.05, 3.63) is 35.9 Å². The third-order valence-corrected chi connectivity index (χ3v) is 2.08. The molecule has 3 heteroatoms. The van der Waals surface area contributed by atoms with E-state index in [9.17, 15) is 4.79 Å². The number of nitrogens with one attached hydrogen (secondary N) is 1. The molecule has 0 unspecified atom stereocenters. The number of thiocarbonyl (C=S) groups is 1. The molecule has 0 spiro atoms. The summed E-state index contributed by atoms with van der Waals surface area (Å²) in [6.07, 6.45) is 0. The Bertz CT molecular complexity index is 332. The molecule has 0 aliphatic rings. The smallest absolute Gasteiger partial charge is 0.263 e. The second-order valence-electron chi connectivity index (χ2n) is 3.32. The highest BCUT2D eigenvalue weighted by molar-refractivity contribution is 7.82. The van der Waals surface area contributed by atoms with Crippen LogP contribution in [0.2, 0.25) is 0 Å². The van der Waals surface area contributed by atoms with Gasteiger partial charge in [-0.25, -0.2) is 0 Å². The third-order valence-electron chi connectivity index (χ3n) is 1.66. The first-order valence-corrected chi connectivity index (χ1v) is 4.92. The van der Waals surface area contributed by atoms with Gasteiger partial charge >= 0.3 is 0 Å². The summed E-state index contributed by atoms with van der Waals surface area (Å²) >= 11 is 5.05. The van der Waals surface area contributed by atoms with Crippen molar-refractivity contribution in [3.8, 4) is 0 Å². The van der Waals surface area contributed by atoms with Gasteiger partial charge in [-0.3, -0.25) is 4.79 Å². The topological polar surface area (TPSA) is 29.1 Å². The molecule has 1 rings (SSSR count). The van der Waals surface area contributed by atoms with E-state index in [1.165, 1.54) is 0 Å². The van der Waals surface area contributed by atoms with Crippen LogP contribution in [0, 0.1) is 0 Å². The summed E-state index contributed by atoms with van der Waals surface area (Å²) in [7, 11) is 0. The molecule has 0 aliphatic carbocycles. The Morgan fingerprint density at radius 3 is 2.36 bits per heavy atom. The Morgan fingerprint density at radius 2 is 1.86 bits per heavy atom. The average Bonchev–Trinajstić information content (AvgIpc) is 2.17. The minimum Gasteiger partial charge on any atom is -0.349 e. The fraction of sp³-hybridized carbons (Fsp3) is 0.273. The Labute approximate surface area is 89.3 Å². The summed E-state index contributed by atoms with van der Waals surface area (Å²) in [6, 6.07) is 9.41. The quantitative estimate of drug-likeness (QED) is 0.606. The number of hydrogen-bond acceptors (Lipinski definition) is 2. The van der Waals surface area contributed by atoms with Crippen LogP contribution in [0.5, 0.6) is 0 Å². The lowest BCUT2D eigenvalue weighted by Crippen LogP contribution is -2.35. The highest BCUT2D eigenvalue weighted by Gasteiger charge is 2.11. The van der Waals surface area contributed by atoms with Crippen LogP contribution in [0.15, 0.2) is 30.3 Å². The molecule has 1 N–H and O–H groups in total. The molecule has 2 nitrogen and oxygen atoms in total. The molecular weight excluding hydrogens is 194 g/mol. The van der Waals surface area contributed by atoms with Gasteiger partial charge in [0.25, 0.3) is 5.91 Å². The summed E-state index contributed by atoms with van der Waals surface area (Å²) in [5.41, 5.74) is 0.792. The first-order valence-electron chi connectivity index (χ1n) is 4.51. The summed E-state index contributed by atoms with van der Waals surface area (Å²) in [5, 5.41) is 2.76. The Kier molecular flexibility index (Phi) is 3.77. The lowest BCUT2D eigenvalue weighted by molar-refractivity contribution is -0.115. The largest absolute Gasteiger partial charge is 0.349 e. The van der Waals surface area contributed by atoms with Crippen LogP contribution in [-0.2, 0) is 4.79 Å². The van der Waals surface area contributed by atoms with E-state index >= 15 is 0 Å². The van der Waals surface area contributed by atoms with E-state index < -0.39 is 0 Å². The number of carbonyl (C=O) groups is 1. The zero-order chi connectivity index (χ0) is 10.6. The van der Waals surface area contributed by atoms with Gasteiger partial charge in [0.05, 0.1) is 0 Å². The van der Waals surface area contributed by atoms with Crippen molar-refractivity contribution in [1.29, 1.82) is 0 Å². The number of benzene rings is 1. The van der Waals surface area contributed by atoms with E-state index in [1.54, 1.807) is 0 Å². The molecule has 74 valence electrons. The van der Waals surface area contributed by atoms with Crippen molar-refractivity contribution in [2.45, 2.75) is 19.9 Å². The molecule has 1 aromatic rings. The summed E-state index contributed by atoms with van der Waals surface area (Å²) < 4.78 is 0. The minimum absolute atomic E-state index is 0.115. The average molecular weight is 207 g/mol. The number of rotatable bonds is 3. The van der Waals surface area contributed by atoms with E-state index in [4.69, 9.17) is 12.2 Å². The second kappa shape index (κ2) is 4.86. The summed E-state index contributed by atoms with van der Waals surface area (Å²) in [6.45, 7) is 3.82. The summed E-state index contributed by atoms with van der Waals surface area (Å²) in [5.74, 6) is -0.179. The van der Waals surface area contributed by atoms with E-state index in [0.29, 0.717) is 4.86 Å². The van der Waals surface area contributed by atoms with E-state index in [2.05, 4.69) is 5.32 Å². The molecule has 0 saturated carbocycles. The highest BCUT2D eigenvalue weighted by Crippen LogP contribution is 2.01. The van der Waals surface area contributed by atoms with Crippen LogP contribution >= 0.6 is 12.2 Å². The molecule has 0 bridgehead atoms. The maximum absolute atomic E-state index is 11.5. The standard InChI is InChI=1S/C11H13NOS/c1-8(2)12-11(13)10(14)9-6-4-3-5-7-9/h3-8H,1-2H3,(H,12,13). The SMILES string of the molecule is CC(C)NC(=O)C(=S)c1ccccc1. The van der Waals surface area contributed by atoms with E-state index in [1.807, 2.05) is 44.2 Å². The highest BCUT2D eigenvalue weighted by atomic mass is 32.1. The maximum Gasteiger partial charge on any atom is 0.263 e. The Morgan fingerprint density at radius 1 is 1.29 bits per heavy atom. The molecule has 0 heterocycles. The molecular formula is C11H13NOS. The van der Waals surface area contributed by atoms with Crippen molar-refractivity contribution in [3.63, 3.8) is 0 Å². The van der Waals surface area contributed by atoms with Gasteiger partial charge in [0.1, 0.15) is 4.86 Å². The fourth-order valence-corrected chi connectivity index (χ4v) is 1.24. The second-order valence-corrected chi connectivity index (χ2v) is 3.73. The van der Waals surface area contributed by atoms with Gasteiger partial charge in [-0.15, -0.1) is 0 Å². The molecule has 0 atom stereocenters.